The number of ether oxygens (including phenoxy) is 1. The molecule has 0 saturated carbocycles. The van der Waals surface area contributed by atoms with Gasteiger partial charge in [0.25, 0.3) is 5.91 Å². The largest absolute Gasteiger partial charge is 0.506 e. The fourth-order valence-electron chi connectivity index (χ4n) is 5.41. The third kappa shape index (κ3) is 2.92. The highest BCUT2D eigenvalue weighted by Crippen LogP contribution is 2.44. The number of rotatable bonds is 2. The Morgan fingerprint density at radius 2 is 1.84 bits per heavy atom. The maximum Gasteiger partial charge on any atom is 0.411 e. The first-order valence-electron chi connectivity index (χ1n) is 11.0. The standard InChI is InChI=1S/C25H23N3O4/c29-20-7-3-5-15-8-9-19(26-22(15)20)24(30)27-12-10-17(11-13-27)28-23-18-6-2-1-4-16(18)14-21(23)32-25(28)31/h1-9,17,21,23,29H,10-14H2. The van der Waals surface area contributed by atoms with Crippen molar-refractivity contribution in [1.82, 2.24) is 14.8 Å². The molecule has 32 heavy (non-hydrogen) atoms. The first-order chi connectivity index (χ1) is 15.6. The van der Waals surface area contributed by atoms with E-state index in [1.807, 2.05) is 23.1 Å². The number of fused-ring (bicyclic) bond motifs is 4. The average Bonchev–Trinajstić information content (AvgIpc) is 3.33. The summed E-state index contributed by atoms with van der Waals surface area (Å²) in [6.45, 7) is 1.10. The number of nitrogens with zero attached hydrogens (tertiary/aromatic N) is 3. The molecule has 2 aromatic carbocycles. The molecule has 2 aliphatic heterocycles. The maximum absolute atomic E-state index is 13.1. The minimum absolute atomic E-state index is 0.0314. The number of phenolic OH excluding ortho intramolecular Hbond substituents is 1. The second-order valence-electron chi connectivity index (χ2n) is 8.75. The molecule has 1 N–H and O–H groups in total. The van der Waals surface area contributed by atoms with E-state index in [0.717, 1.165) is 11.8 Å². The van der Waals surface area contributed by atoms with Gasteiger partial charge in [-0.3, -0.25) is 9.69 Å². The van der Waals surface area contributed by atoms with E-state index < -0.39 is 0 Å². The fraction of sp³-hybridized carbons (Fsp3) is 0.320. The van der Waals surface area contributed by atoms with Crippen LogP contribution >= 0.6 is 0 Å². The predicted molar refractivity (Wildman–Crippen MR) is 117 cm³/mol. The monoisotopic (exact) mass is 429 g/mol. The summed E-state index contributed by atoms with van der Waals surface area (Å²) in [6.07, 6.45) is 1.80. The van der Waals surface area contributed by atoms with E-state index in [1.165, 1.54) is 11.1 Å². The number of benzene rings is 2. The topological polar surface area (TPSA) is 83.0 Å². The van der Waals surface area contributed by atoms with Gasteiger partial charge in [0, 0.05) is 30.9 Å². The molecule has 7 heteroatoms. The highest BCUT2D eigenvalue weighted by Gasteiger charge is 2.50. The molecule has 2 unspecified atom stereocenters. The summed E-state index contributed by atoms with van der Waals surface area (Å²) in [5.41, 5.74) is 3.18. The SMILES string of the molecule is O=C(c1ccc2cccc(O)c2n1)N1CCC(N2C(=O)OC3Cc4ccccc4C32)CC1. The Bertz CT molecular complexity index is 1230. The van der Waals surface area contributed by atoms with Gasteiger partial charge in [-0.2, -0.15) is 0 Å². The van der Waals surface area contributed by atoms with Crippen LogP contribution in [0.1, 0.15) is 40.5 Å². The molecule has 0 bridgehead atoms. The highest BCUT2D eigenvalue weighted by atomic mass is 16.6. The van der Waals surface area contributed by atoms with Crippen molar-refractivity contribution in [3.05, 3.63) is 71.4 Å². The molecule has 2 saturated heterocycles. The lowest BCUT2D eigenvalue weighted by Crippen LogP contribution is -2.48. The number of amides is 2. The maximum atomic E-state index is 13.1. The lowest BCUT2D eigenvalue weighted by atomic mass is 9.99. The third-order valence-corrected chi connectivity index (χ3v) is 6.97. The molecule has 3 heterocycles. The number of hydrogen-bond donors (Lipinski definition) is 1. The number of carbonyl (C=O) groups excluding carboxylic acids is 2. The number of likely N-dealkylation sites (tertiary alicyclic amines) is 1. The Hall–Kier alpha value is -3.61. The van der Waals surface area contributed by atoms with Crippen LogP contribution in [0.3, 0.4) is 0 Å². The minimum Gasteiger partial charge on any atom is -0.506 e. The van der Waals surface area contributed by atoms with E-state index in [9.17, 15) is 14.7 Å². The summed E-state index contributed by atoms with van der Waals surface area (Å²) in [5, 5.41) is 10.9. The van der Waals surface area contributed by atoms with Gasteiger partial charge in [-0.05, 0) is 36.1 Å². The number of pyridine rings is 1. The van der Waals surface area contributed by atoms with Gasteiger partial charge in [-0.1, -0.05) is 42.5 Å². The van der Waals surface area contributed by atoms with E-state index in [4.69, 9.17) is 4.74 Å². The first kappa shape index (κ1) is 19.1. The minimum atomic E-state index is -0.244. The van der Waals surface area contributed by atoms with Gasteiger partial charge < -0.3 is 14.7 Å². The van der Waals surface area contributed by atoms with Crippen molar-refractivity contribution in [1.29, 1.82) is 0 Å². The van der Waals surface area contributed by atoms with Gasteiger partial charge in [0.2, 0.25) is 0 Å². The zero-order chi connectivity index (χ0) is 21.8. The van der Waals surface area contributed by atoms with Crippen LogP contribution in [-0.2, 0) is 11.2 Å². The number of aromatic nitrogens is 1. The van der Waals surface area contributed by atoms with Gasteiger partial charge in [-0.15, -0.1) is 0 Å². The number of carbonyl (C=O) groups is 2. The molecule has 3 aromatic rings. The summed E-state index contributed by atoms with van der Waals surface area (Å²) in [6, 6.07) is 16.9. The van der Waals surface area contributed by atoms with Gasteiger partial charge in [0.1, 0.15) is 23.1 Å². The normalized spacial score (nSPS) is 22.7. The Labute approximate surface area is 185 Å². The Kier molecular flexibility index (Phi) is 4.31. The van der Waals surface area contributed by atoms with Crippen LogP contribution < -0.4 is 0 Å². The molecular weight excluding hydrogens is 406 g/mol. The molecule has 0 radical (unpaired) electrons. The van der Waals surface area contributed by atoms with Gasteiger partial charge in [0.05, 0.1) is 6.04 Å². The van der Waals surface area contributed by atoms with E-state index in [1.54, 1.807) is 29.2 Å². The van der Waals surface area contributed by atoms with Gasteiger partial charge in [0.15, 0.2) is 0 Å². The second kappa shape index (κ2) is 7.22. The molecule has 2 fully saturated rings. The Morgan fingerprint density at radius 1 is 1.03 bits per heavy atom. The summed E-state index contributed by atoms with van der Waals surface area (Å²) in [7, 11) is 0. The summed E-state index contributed by atoms with van der Waals surface area (Å²) in [5.74, 6) is -0.0866. The molecule has 1 aromatic heterocycles. The molecular formula is C25H23N3O4. The van der Waals surface area contributed by atoms with Crippen molar-refractivity contribution in [2.45, 2.75) is 37.5 Å². The quantitative estimate of drug-likeness (QED) is 0.672. The number of aromatic hydroxyl groups is 1. The van der Waals surface area contributed by atoms with Crippen LogP contribution in [0.15, 0.2) is 54.6 Å². The van der Waals surface area contributed by atoms with Crippen molar-refractivity contribution < 1.29 is 19.4 Å². The molecule has 2 atom stereocenters. The van der Waals surface area contributed by atoms with Gasteiger partial charge in [-0.25, -0.2) is 9.78 Å². The van der Waals surface area contributed by atoms with Crippen LogP contribution in [0.5, 0.6) is 5.75 Å². The lowest BCUT2D eigenvalue weighted by molar-refractivity contribution is 0.0631. The molecule has 0 spiro atoms. The van der Waals surface area contributed by atoms with Crippen LogP contribution in [0.25, 0.3) is 10.9 Å². The number of phenols is 1. The second-order valence-corrected chi connectivity index (χ2v) is 8.75. The van der Waals surface area contributed by atoms with Gasteiger partial charge >= 0.3 is 6.09 Å². The average molecular weight is 429 g/mol. The number of para-hydroxylation sites is 1. The molecule has 1 aliphatic carbocycles. The van der Waals surface area contributed by atoms with E-state index in [0.29, 0.717) is 37.1 Å². The molecule has 7 nitrogen and oxygen atoms in total. The Morgan fingerprint density at radius 3 is 2.69 bits per heavy atom. The molecule has 2 amide bonds. The molecule has 6 rings (SSSR count). The highest BCUT2D eigenvalue weighted by molar-refractivity contribution is 5.96. The van der Waals surface area contributed by atoms with Crippen molar-refractivity contribution in [3.63, 3.8) is 0 Å². The van der Waals surface area contributed by atoms with Crippen LogP contribution in [0.2, 0.25) is 0 Å². The summed E-state index contributed by atoms with van der Waals surface area (Å²) >= 11 is 0. The van der Waals surface area contributed by atoms with Crippen molar-refractivity contribution in [2.24, 2.45) is 0 Å². The van der Waals surface area contributed by atoms with Crippen LogP contribution in [0.4, 0.5) is 4.79 Å². The third-order valence-electron chi connectivity index (χ3n) is 6.97. The smallest absolute Gasteiger partial charge is 0.411 e. The van der Waals surface area contributed by atoms with E-state index >= 15 is 0 Å². The van der Waals surface area contributed by atoms with E-state index in [-0.39, 0.29) is 35.9 Å². The number of hydrogen-bond acceptors (Lipinski definition) is 5. The Balaban J connectivity index is 1.18. The summed E-state index contributed by atoms with van der Waals surface area (Å²) < 4.78 is 5.70. The lowest BCUT2D eigenvalue weighted by Gasteiger charge is -2.37. The fourth-order valence-corrected chi connectivity index (χ4v) is 5.41. The molecule has 162 valence electrons. The van der Waals surface area contributed by atoms with Crippen LogP contribution in [0, 0.1) is 0 Å². The number of piperidine rings is 1. The van der Waals surface area contributed by atoms with Crippen molar-refractivity contribution in [2.75, 3.05) is 13.1 Å². The zero-order valence-corrected chi connectivity index (χ0v) is 17.5. The van der Waals surface area contributed by atoms with Crippen LogP contribution in [-0.4, -0.2) is 57.1 Å². The van der Waals surface area contributed by atoms with E-state index in [2.05, 4.69) is 17.1 Å². The van der Waals surface area contributed by atoms with Crippen molar-refractivity contribution >= 4 is 22.9 Å². The predicted octanol–water partition coefficient (Wildman–Crippen LogP) is 3.66. The first-order valence-corrected chi connectivity index (χ1v) is 11.0. The zero-order valence-electron chi connectivity index (χ0n) is 17.5. The molecule has 3 aliphatic rings. The van der Waals surface area contributed by atoms with Crippen molar-refractivity contribution in [3.8, 4) is 5.75 Å². The summed E-state index contributed by atoms with van der Waals surface area (Å²) in [4.78, 5) is 33.8.